The molecule has 1 heterocycles. The molecule has 1 saturated heterocycles. The molecule has 0 N–H and O–H groups in total. The maximum Gasteiger partial charge on any atom is 0.138 e. The molecule has 0 aromatic heterocycles. The van der Waals surface area contributed by atoms with Crippen LogP contribution in [0, 0.1) is 0 Å². The molecule has 1 fully saturated rings. The fraction of sp³-hybridized carbons (Fsp3) is 0.294. The van der Waals surface area contributed by atoms with Crippen molar-refractivity contribution in [2.24, 2.45) is 0 Å². The Morgan fingerprint density at radius 3 is 2.33 bits per heavy atom. The Morgan fingerprint density at radius 2 is 1.71 bits per heavy atom. The summed E-state index contributed by atoms with van der Waals surface area (Å²) < 4.78 is 13.9. The standard InChI is InChI=1S/C17H20NO2P/c1-13-17(14-7-5-4-6-8-14)20-21(18(13)2)16-11-9-15(19-3)10-12-16/h4-13,17H,1-3H3/t13-,17-,21?/m0/s1. The molecule has 0 bridgehead atoms. The molecule has 0 amide bonds. The van der Waals surface area contributed by atoms with E-state index in [9.17, 15) is 0 Å². The van der Waals surface area contributed by atoms with Crippen molar-refractivity contribution in [2.45, 2.75) is 19.1 Å². The number of ether oxygens (including phenoxy) is 1. The summed E-state index contributed by atoms with van der Waals surface area (Å²) in [7, 11) is 3.09. The first-order chi connectivity index (χ1) is 10.2. The number of likely N-dealkylation sites (N-methyl/N-ethyl adjacent to an activating group) is 1. The molecule has 0 saturated carbocycles. The third-order valence-corrected chi connectivity index (χ3v) is 6.05. The van der Waals surface area contributed by atoms with Gasteiger partial charge in [0.05, 0.1) is 7.11 Å². The van der Waals surface area contributed by atoms with E-state index in [1.165, 1.54) is 10.9 Å². The molecule has 2 aromatic carbocycles. The number of hydrogen-bond donors (Lipinski definition) is 0. The van der Waals surface area contributed by atoms with Crippen LogP contribution in [0.4, 0.5) is 0 Å². The van der Waals surface area contributed by atoms with Crippen molar-refractivity contribution in [1.82, 2.24) is 4.67 Å². The van der Waals surface area contributed by atoms with E-state index in [4.69, 9.17) is 9.26 Å². The van der Waals surface area contributed by atoms with Gasteiger partial charge in [-0.1, -0.05) is 30.3 Å². The lowest BCUT2D eigenvalue weighted by molar-refractivity contribution is 0.218. The zero-order valence-electron chi connectivity index (χ0n) is 12.6. The Labute approximate surface area is 127 Å². The third kappa shape index (κ3) is 2.82. The van der Waals surface area contributed by atoms with E-state index >= 15 is 0 Å². The monoisotopic (exact) mass is 301 g/mol. The lowest BCUT2D eigenvalue weighted by atomic mass is 10.0. The minimum absolute atomic E-state index is 0.129. The largest absolute Gasteiger partial charge is 0.497 e. The topological polar surface area (TPSA) is 21.7 Å². The van der Waals surface area contributed by atoms with Gasteiger partial charge in [0.1, 0.15) is 20.2 Å². The van der Waals surface area contributed by atoms with E-state index in [-0.39, 0.29) is 6.10 Å². The predicted octanol–water partition coefficient (Wildman–Crippen LogP) is 3.72. The summed E-state index contributed by atoms with van der Waals surface area (Å²) in [6.45, 7) is 2.23. The van der Waals surface area contributed by atoms with Gasteiger partial charge in [-0.3, -0.25) is 4.67 Å². The van der Waals surface area contributed by atoms with Gasteiger partial charge in [-0.15, -0.1) is 0 Å². The van der Waals surface area contributed by atoms with Gasteiger partial charge in [-0.25, -0.2) is 0 Å². The second kappa shape index (κ2) is 6.15. The number of rotatable bonds is 3. The zero-order chi connectivity index (χ0) is 14.8. The molecule has 21 heavy (non-hydrogen) atoms. The molecule has 2 aromatic rings. The fourth-order valence-electron chi connectivity index (χ4n) is 2.57. The van der Waals surface area contributed by atoms with E-state index in [2.05, 4.69) is 55.0 Å². The minimum atomic E-state index is -0.743. The number of benzene rings is 2. The molecule has 3 nitrogen and oxygen atoms in total. The molecule has 3 rings (SSSR count). The van der Waals surface area contributed by atoms with Crippen LogP contribution in [0.1, 0.15) is 18.6 Å². The quantitative estimate of drug-likeness (QED) is 0.806. The van der Waals surface area contributed by atoms with Crippen LogP contribution in [0.5, 0.6) is 5.75 Å². The molecule has 1 aliphatic heterocycles. The maximum absolute atomic E-state index is 6.38. The Balaban J connectivity index is 1.84. The van der Waals surface area contributed by atoms with Crippen molar-refractivity contribution in [2.75, 3.05) is 14.2 Å². The van der Waals surface area contributed by atoms with E-state index in [1.54, 1.807) is 7.11 Å². The van der Waals surface area contributed by atoms with Gasteiger partial charge in [0.25, 0.3) is 0 Å². The number of methoxy groups -OCH3 is 1. The molecular weight excluding hydrogens is 281 g/mol. The smallest absolute Gasteiger partial charge is 0.138 e. The highest BCUT2D eigenvalue weighted by Crippen LogP contribution is 2.54. The van der Waals surface area contributed by atoms with Crippen LogP contribution in [-0.4, -0.2) is 24.9 Å². The lowest BCUT2D eigenvalue weighted by Crippen LogP contribution is -2.24. The van der Waals surface area contributed by atoms with Gasteiger partial charge >= 0.3 is 0 Å². The van der Waals surface area contributed by atoms with Crippen LogP contribution >= 0.6 is 8.30 Å². The summed E-state index contributed by atoms with van der Waals surface area (Å²) in [5.41, 5.74) is 1.25. The summed E-state index contributed by atoms with van der Waals surface area (Å²) in [6, 6.07) is 19.0. The molecule has 1 aliphatic rings. The summed E-state index contributed by atoms with van der Waals surface area (Å²) in [5.74, 6) is 0.878. The van der Waals surface area contributed by atoms with Crippen molar-refractivity contribution < 1.29 is 9.26 Å². The van der Waals surface area contributed by atoms with Crippen molar-refractivity contribution in [3.8, 4) is 5.75 Å². The summed E-state index contributed by atoms with van der Waals surface area (Å²) in [5, 5.41) is 1.22. The Hall–Kier alpha value is -1.41. The minimum Gasteiger partial charge on any atom is -0.497 e. The van der Waals surface area contributed by atoms with Gasteiger partial charge in [0.15, 0.2) is 0 Å². The van der Waals surface area contributed by atoms with Crippen LogP contribution in [0.2, 0.25) is 0 Å². The van der Waals surface area contributed by atoms with Crippen molar-refractivity contribution in [3.05, 3.63) is 60.2 Å². The molecule has 0 aliphatic carbocycles. The summed E-state index contributed by atoms with van der Waals surface area (Å²) >= 11 is 0. The Morgan fingerprint density at radius 1 is 1.05 bits per heavy atom. The average Bonchev–Trinajstić information content (AvgIpc) is 2.84. The van der Waals surface area contributed by atoms with Crippen LogP contribution < -0.4 is 10.0 Å². The van der Waals surface area contributed by atoms with Gasteiger partial charge in [0.2, 0.25) is 0 Å². The normalized spacial score (nSPS) is 26.0. The molecule has 0 radical (unpaired) electrons. The van der Waals surface area contributed by atoms with Crippen LogP contribution in [-0.2, 0) is 4.52 Å². The highest BCUT2D eigenvalue weighted by atomic mass is 31.2. The van der Waals surface area contributed by atoms with E-state index in [0.29, 0.717) is 6.04 Å². The maximum atomic E-state index is 6.38. The average molecular weight is 301 g/mol. The van der Waals surface area contributed by atoms with E-state index in [0.717, 1.165) is 5.75 Å². The third-order valence-electron chi connectivity index (χ3n) is 3.95. The SMILES string of the molecule is COc1ccc(P2O[C@H](c3ccccc3)[C@H](C)N2C)cc1. The van der Waals surface area contributed by atoms with Crippen LogP contribution in [0.3, 0.4) is 0 Å². The summed E-state index contributed by atoms with van der Waals surface area (Å²) in [6.07, 6.45) is 0.129. The zero-order valence-corrected chi connectivity index (χ0v) is 13.5. The lowest BCUT2D eigenvalue weighted by Gasteiger charge is -2.20. The Kier molecular flexibility index (Phi) is 4.25. The van der Waals surface area contributed by atoms with Gasteiger partial charge in [-0.05, 0) is 43.8 Å². The molecule has 3 atom stereocenters. The number of hydrogen-bond acceptors (Lipinski definition) is 3. The first-order valence-corrected chi connectivity index (χ1v) is 8.30. The molecule has 110 valence electrons. The second-order valence-corrected chi connectivity index (χ2v) is 7.13. The first-order valence-electron chi connectivity index (χ1n) is 7.09. The van der Waals surface area contributed by atoms with Gasteiger partial charge < -0.3 is 9.26 Å². The molecular formula is C17H20NO2P. The molecule has 0 spiro atoms. The van der Waals surface area contributed by atoms with Gasteiger partial charge in [-0.2, -0.15) is 0 Å². The first kappa shape index (κ1) is 14.5. The van der Waals surface area contributed by atoms with E-state index < -0.39 is 8.30 Å². The van der Waals surface area contributed by atoms with E-state index in [1.807, 2.05) is 18.2 Å². The van der Waals surface area contributed by atoms with Crippen LogP contribution in [0.25, 0.3) is 0 Å². The predicted molar refractivity (Wildman–Crippen MR) is 87.0 cm³/mol. The second-order valence-electron chi connectivity index (χ2n) is 5.22. The van der Waals surface area contributed by atoms with Crippen LogP contribution in [0.15, 0.2) is 54.6 Å². The van der Waals surface area contributed by atoms with Crippen molar-refractivity contribution >= 4 is 13.6 Å². The van der Waals surface area contributed by atoms with Crippen molar-refractivity contribution in [1.29, 1.82) is 0 Å². The highest BCUT2D eigenvalue weighted by molar-refractivity contribution is 7.58. The fourth-order valence-corrected chi connectivity index (χ4v) is 4.57. The highest BCUT2D eigenvalue weighted by Gasteiger charge is 2.39. The molecule has 1 unspecified atom stereocenters. The Bertz CT molecular complexity index is 587. The van der Waals surface area contributed by atoms with Crippen molar-refractivity contribution in [3.63, 3.8) is 0 Å². The molecule has 4 heteroatoms. The van der Waals surface area contributed by atoms with Gasteiger partial charge in [0, 0.05) is 11.3 Å². The number of nitrogens with zero attached hydrogens (tertiary/aromatic N) is 1. The summed E-state index contributed by atoms with van der Waals surface area (Å²) in [4.78, 5) is 0.